The maximum absolute atomic E-state index is 13.4. The van der Waals surface area contributed by atoms with Crippen LogP contribution in [0.5, 0.6) is 0 Å². The monoisotopic (exact) mass is 340 g/mol. The van der Waals surface area contributed by atoms with Gasteiger partial charge in [-0.25, -0.2) is 13.2 Å². The van der Waals surface area contributed by atoms with Gasteiger partial charge < -0.3 is 10.0 Å². The number of likely N-dealkylation sites (tertiary alicyclic amines) is 1. The van der Waals surface area contributed by atoms with E-state index in [2.05, 4.69) is 15.4 Å². The van der Waals surface area contributed by atoms with Crippen molar-refractivity contribution in [2.45, 2.75) is 24.9 Å². The molecule has 1 unspecified atom stereocenters. The average Bonchev–Trinajstić information content (AvgIpc) is 3.10. The van der Waals surface area contributed by atoms with Crippen molar-refractivity contribution in [1.29, 1.82) is 0 Å². The minimum Gasteiger partial charge on any atom is -0.382 e. The second-order valence-corrected chi connectivity index (χ2v) is 5.75. The zero-order valence-electron chi connectivity index (χ0n) is 12.5. The SMILES string of the molecule is O=C(c1ccc(F)c(C(F)F)c1)N1CCCC(O)(c2cn[nH]n2)C1. The maximum atomic E-state index is 13.4. The molecule has 1 fully saturated rings. The van der Waals surface area contributed by atoms with Crippen LogP contribution in [-0.4, -0.2) is 44.4 Å². The van der Waals surface area contributed by atoms with E-state index >= 15 is 0 Å². The van der Waals surface area contributed by atoms with Crippen molar-refractivity contribution in [2.75, 3.05) is 13.1 Å². The number of β-amino-alcohol motifs (C(OH)–C–C–N with tert-alkyl or cyclic N) is 1. The number of aliphatic hydroxyl groups is 1. The smallest absolute Gasteiger partial charge is 0.266 e. The molecule has 9 heteroatoms. The molecule has 2 heterocycles. The van der Waals surface area contributed by atoms with E-state index in [1.54, 1.807) is 0 Å². The van der Waals surface area contributed by atoms with E-state index in [-0.39, 0.29) is 12.1 Å². The predicted octanol–water partition coefficient (Wildman–Crippen LogP) is 2.01. The Balaban J connectivity index is 1.84. The zero-order valence-corrected chi connectivity index (χ0v) is 12.5. The zero-order chi connectivity index (χ0) is 17.3. The summed E-state index contributed by atoms with van der Waals surface area (Å²) in [6, 6.07) is 2.86. The van der Waals surface area contributed by atoms with E-state index < -0.39 is 29.3 Å². The van der Waals surface area contributed by atoms with Crippen LogP contribution < -0.4 is 0 Å². The highest BCUT2D eigenvalue weighted by Crippen LogP contribution is 2.31. The number of carbonyl (C=O) groups excluding carboxylic acids is 1. The first kappa shape index (κ1) is 16.4. The summed E-state index contributed by atoms with van der Waals surface area (Å²) >= 11 is 0. The van der Waals surface area contributed by atoms with E-state index in [4.69, 9.17) is 0 Å². The number of piperidine rings is 1. The Morgan fingerprint density at radius 2 is 2.21 bits per heavy atom. The van der Waals surface area contributed by atoms with Gasteiger partial charge in [0.1, 0.15) is 17.1 Å². The predicted molar refractivity (Wildman–Crippen MR) is 76.8 cm³/mol. The van der Waals surface area contributed by atoms with Crippen LogP contribution in [0, 0.1) is 5.82 Å². The molecule has 0 spiro atoms. The molecule has 0 bridgehead atoms. The Morgan fingerprint density at radius 1 is 1.42 bits per heavy atom. The lowest BCUT2D eigenvalue weighted by Gasteiger charge is -2.38. The van der Waals surface area contributed by atoms with E-state index in [1.165, 1.54) is 11.1 Å². The van der Waals surface area contributed by atoms with Crippen LogP contribution in [0.2, 0.25) is 0 Å². The molecule has 1 aliphatic rings. The van der Waals surface area contributed by atoms with Gasteiger partial charge in [-0.15, -0.1) is 0 Å². The summed E-state index contributed by atoms with van der Waals surface area (Å²) < 4.78 is 39.0. The van der Waals surface area contributed by atoms with E-state index in [1.807, 2.05) is 0 Å². The Kier molecular flexibility index (Phi) is 4.27. The quantitative estimate of drug-likeness (QED) is 0.895. The van der Waals surface area contributed by atoms with Crippen LogP contribution in [-0.2, 0) is 5.60 Å². The molecular formula is C15H15F3N4O2. The average molecular weight is 340 g/mol. The van der Waals surface area contributed by atoms with Crippen molar-refractivity contribution in [1.82, 2.24) is 20.3 Å². The number of alkyl halides is 2. The van der Waals surface area contributed by atoms with Crippen LogP contribution in [0.3, 0.4) is 0 Å². The van der Waals surface area contributed by atoms with Crippen molar-refractivity contribution >= 4 is 5.91 Å². The largest absolute Gasteiger partial charge is 0.382 e. The Labute approximate surface area is 135 Å². The summed E-state index contributed by atoms with van der Waals surface area (Å²) in [7, 11) is 0. The lowest BCUT2D eigenvalue weighted by molar-refractivity contribution is -0.0320. The molecule has 1 atom stereocenters. The van der Waals surface area contributed by atoms with Gasteiger partial charge in [0.05, 0.1) is 18.3 Å². The summed E-state index contributed by atoms with van der Waals surface area (Å²) in [5, 5.41) is 20.6. The summed E-state index contributed by atoms with van der Waals surface area (Å²) in [4.78, 5) is 13.9. The molecule has 1 aromatic heterocycles. The molecule has 2 aromatic rings. The van der Waals surface area contributed by atoms with Crippen LogP contribution >= 0.6 is 0 Å². The number of hydrogen-bond acceptors (Lipinski definition) is 4. The fourth-order valence-corrected chi connectivity index (χ4v) is 2.87. The normalized spacial score (nSPS) is 21.3. The fourth-order valence-electron chi connectivity index (χ4n) is 2.87. The van der Waals surface area contributed by atoms with Gasteiger partial charge in [0.15, 0.2) is 0 Å². The Bertz CT molecular complexity index is 738. The van der Waals surface area contributed by atoms with Gasteiger partial charge in [-0.2, -0.15) is 15.4 Å². The topological polar surface area (TPSA) is 82.1 Å². The molecule has 24 heavy (non-hydrogen) atoms. The minimum absolute atomic E-state index is 0.0419. The number of hydrogen-bond donors (Lipinski definition) is 2. The van der Waals surface area contributed by atoms with Gasteiger partial charge in [-0.05, 0) is 31.0 Å². The first-order valence-corrected chi connectivity index (χ1v) is 7.36. The van der Waals surface area contributed by atoms with Gasteiger partial charge in [0.25, 0.3) is 12.3 Å². The second-order valence-electron chi connectivity index (χ2n) is 5.75. The van der Waals surface area contributed by atoms with E-state index in [0.29, 0.717) is 25.1 Å². The molecule has 2 N–H and O–H groups in total. The molecule has 1 amide bonds. The van der Waals surface area contributed by atoms with Crippen molar-refractivity contribution < 1.29 is 23.1 Å². The van der Waals surface area contributed by atoms with Crippen molar-refractivity contribution in [3.8, 4) is 0 Å². The second kappa shape index (κ2) is 6.23. The molecule has 128 valence electrons. The maximum Gasteiger partial charge on any atom is 0.266 e. The van der Waals surface area contributed by atoms with Crippen LogP contribution in [0.4, 0.5) is 13.2 Å². The standard InChI is InChI=1S/C15H15F3N4O2/c16-11-3-2-9(6-10(11)13(17)18)14(23)22-5-1-4-15(24,8-22)12-7-19-21-20-12/h2-3,6-7,13,24H,1,4-5,8H2,(H,19,20,21). The number of amides is 1. The number of nitrogens with zero attached hydrogens (tertiary/aromatic N) is 3. The number of aromatic amines is 1. The fraction of sp³-hybridized carbons (Fsp3) is 0.400. The summed E-state index contributed by atoms with van der Waals surface area (Å²) in [5.74, 6) is -1.60. The van der Waals surface area contributed by atoms with Gasteiger partial charge in [-0.1, -0.05) is 0 Å². The van der Waals surface area contributed by atoms with Crippen molar-refractivity contribution in [3.63, 3.8) is 0 Å². The minimum atomic E-state index is -3.01. The molecule has 3 rings (SSSR count). The summed E-state index contributed by atoms with van der Waals surface area (Å²) in [5.41, 5.74) is -1.90. The molecule has 1 aromatic carbocycles. The highest BCUT2D eigenvalue weighted by atomic mass is 19.3. The highest BCUT2D eigenvalue weighted by molar-refractivity contribution is 5.94. The summed E-state index contributed by atoms with van der Waals surface area (Å²) in [6.45, 7) is 0.320. The van der Waals surface area contributed by atoms with Crippen molar-refractivity contribution in [3.05, 3.63) is 47.0 Å². The third-order valence-corrected chi connectivity index (χ3v) is 4.13. The van der Waals surface area contributed by atoms with Crippen LogP contribution in [0.25, 0.3) is 0 Å². The Hall–Kier alpha value is -2.42. The number of rotatable bonds is 3. The lowest BCUT2D eigenvalue weighted by atomic mass is 9.89. The third kappa shape index (κ3) is 2.99. The van der Waals surface area contributed by atoms with Gasteiger partial charge in [-0.3, -0.25) is 4.79 Å². The van der Waals surface area contributed by atoms with Gasteiger partial charge >= 0.3 is 0 Å². The highest BCUT2D eigenvalue weighted by Gasteiger charge is 2.39. The molecule has 1 aliphatic heterocycles. The number of carbonyl (C=O) groups is 1. The number of halogens is 3. The molecular weight excluding hydrogens is 325 g/mol. The van der Waals surface area contributed by atoms with Gasteiger partial charge in [0, 0.05) is 12.1 Å². The molecule has 0 saturated carbocycles. The molecule has 0 radical (unpaired) electrons. The first-order valence-electron chi connectivity index (χ1n) is 7.36. The van der Waals surface area contributed by atoms with Crippen LogP contribution in [0.1, 0.15) is 40.9 Å². The van der Waals surface area contributed by atoms with Crippen molar-refractivity contribution in [2.24, 2.45) is 0 Å². The molecule has 1 saturated heterocycles. The first-order chi connectivity index (χ1) is 11.4. The molecule has 6 nitrogen and oxygen atoms in total. The van der Waals surface area contributed by atoms with E-state index in [0.717, 1.165) is 18.2 Å². The molecule has 0 aliphatic carbocycles. The van der Waals surface area contributed by atoms with Crippen LogP contribution in [0.15, 0.2) is 24.4 Å². The summed E-state index contributed by atoms with van der Waals surface area (Å²) in [6.07, 6.45) is -0.723. The van der Waals surface area contributed by atoms with E-state index in [9.17, 15) is 23.1 Å². The van der Waals surface area contributed by atoms with Gasteiger partial charge in [0.2, 0.25) is 0 Å². The lowest BCUT2D eigenvalue weighted by Crippen LogP contribution is -2.48. The Morgan fingerprint density at radius 3 is 2.88 bits per heavy atom. The number of H-pyrrole nitrogens is 1. The number of aromatic nitrogens is 3. The number of benzene rings is 1. The number of nitrogens with one attached hydrogen (secondary N) is 1. The third-order valence-electron chi connectivity index (χ3n) is 4.13.